The highest BCUT2D eigenvalue weighted by Crippen LogP contribution is 2.17. The molecular formula is C15H21ClN6. The average molecular weight is 321 g/mol. The number of aromatic nitrogens is 4. The Labute approximate surface area is 135 Å². The maximum absolute atomic E-state index is 5.88. The molecule has 0 spiro atoms. The zero-order valence-corrected chi connectivity index (χ0v) is 13.8. The first-order chi connectivity index (χ1) is 10.6. The van der Waals surface area contributed by atoms with E-state index in [0.717, 1.165) is 56.5 Å². The third kappa shape index (κ3) is 3.56. The molecular weight excluding hydrogens is 300 g/mol. The van der Waals surface area contributed by atoms with Gasteiger partial charge < -0.3 is 4.90 Å². The maximum Gasteiger partial charge on any atom is 0.150 e. The molecule has 1 aliphatic heterocycles. The molecule has 0 bridgehead atoms. The Balaban J connectivity index is 1.53. The SMILES string of the molecule is Cc1cnc(C)c(N2CCN(CCn3cc(Cl)cn3)CC2)n1. The summed E-state index contributed by atoms with van der Waals surface area (Å²) < 4.78 is 1.89. The van der Waals surface area contributed by atoms with E-state index in [1.165, 1.54) is 0 Å². The lowest BCUT2D eigenvalue weighted by Gasteiger charge is -2.35. The van der Waals surface area contributed by atoms with Gasteiger partial charge in [0.25, 0.3) is 0 Å². The van der Waals surface area contributed by atoms with Gasteiger partial charge in [0.2, 0.25) is 0 Å². The van der Waals surface area contributed by atoms with Crippen LogP contribution in [0.4, 0.5) is 5.82 Å². The molecule has 0 unspecified atom stereocenters. The van der Waals surface area contributed by atoms with Gasteiger partial charge in [0.05, 0.1) is 29.2 Å². The van der Waals surface area contributed by atoms with Crippen molar-refractivity contribution in [2.75, 3.05) is 37.6 Å². The van der Waals surface area contributed by atoms with Gasteiger partial charge in [-0.05, 0) is 13.8 Å². The molecule has 0 radical (unpaired) electrons. The molecule has 0 N–H and O–H groups in total. The van der Waals surface area contributed by atoms with E-state index in [1.54, 1.807) is 6.20 Å². The van der Waals surface area contributed by atoms with Crippen molar-refractivity contribution in [2.24, 2.45) is 0 Å². The molecule has 0 saturated carbocycles. The fraction of sp³-hybridized carbons (Fsp3) is 0.533. The van der Waals surface area contributed by atoms with E-state index in [2.05, 4.69) is 24.9 Å². The molecule has 118 valence electrons. The number of hydrogen-bond donors (Lipinski definition) is 0. The van der Waals surface area contributed by atoms with Crippen LogP contribution in [0.2, 0.25) is 5.02 Å². The minimum absolute atomic E-state index is 0.693. The number of aryl methyl sites for hydroxylation is 2. The van der Waals surface area contributed by atoms with Crippen LogP contribution in [-0.2, 0) is 6.54 Å². The van der Waals surface area contributed by atoms with Gasteiger partial charge in [0, 0.05) is 45.1 Å². The monoisotopic (exact) mass is 320 g/mol. The van der Waals surface area contributed by atoms with Gasteiger partial charge in [-0.3, -0.25) is 14.6 Å². The van der Waals surface area contributed by atoms with Crippen molar-refractivity contribution in [3.63, 3.8) is 0 Å². The fourth-order valence-electron chi connectivity index (χ4n) is 2.71. The number of piperazine rings is 1. The van der Waals surface area contributed by atoms with Crippen molar-refractivity contribution in [1.82, 2.24) is 24.6 Å². The predicted molar refractivity (Wildman–Crippen MR) is 87.4 cm³/mol. The summed E-state index contributed by atoms with van der Waals surface area (Å²) in [6.07, 6.45) is 5.37. The molecule has 0 atom stereocenters. The van der Waals surface area contributed by atoms with Crippen LogP contribution in [0.1, 0.15) is 11.4 Å². The quantitative estimate of drug-likeness (QED) is 0.859. The van der Waals surface area contributed by atoms with Gasteiger partial charge in [0.15, 0.2) is 0 Å². The first-order valence-electron chi connectivity index (χ1n) is 7.57. The Kier molecular flexibility index (Phi) is 4.59. The van der Waals surface area contributed by atoms with Gasteiger partial charge in [-0.15, -0.1) is 0 Å². The summed E-state index contributed by atoms with van der Waals surface area (Å²) in [7, 11) is 0. The van der Waals surface area contributed by atoms with Gasteiger partial charge >= 0.3 is 0 Å². The molecule has 3 rings (SSSR count). The van der Waals surface area contributed by atoms with Crippen molar-refractivity contribution in [3.8, 4) is 0 Å². The van der Waals surface area contributed by atoms with Crippen LogP contribution in [0.25, 0.3) is 0 Å². The number of rotatable bonds is 4. The Bertz CT molecular complexity index is 633. The fourth-order valence-corrected chi connectivity index (χ4v) is 2.87. The highest BCUT2D eigenvalue weighted by Gasteiger charge is 2.19. The average Bonchev–Trinajstić information content (AvgIpc) is 2.94. The van der Waals surface area contributed by atoms with Crippen molar-refractivity contribution in [3.05, 3.63) is 35.0 Å². The summed E-state index contributed by atoms with van der Waals surface area (Å²) in [5.41, 5.74) is 1.98. The van der Waals surface area contributed by atoms with E-state index in [4.69, 9.17) is 11.6 Å². The largest absolute Gasteiger partial charge is 0.353 e. The number of halogens is 1. The molecule has 2 aromatic heterocycles. The molecule has 1 fully saturated rings. The van der Waals surface area contributed by atoms with E-state index >= 15 is 0 Å². The minimum atomic E-state index is 0.693. The highest BCUT2D eigenvalue weighted by molar-refractivity contribution is 6.30. The Morgan fingerprint density at radius 3 is 2.55 bits per heavy atom. The number of hydrogen-bond acceptors (Lipinski definition) is 5. The molecule has 6 nitrogen and oxygen atoms in total. The first kappa shape index (κ1) is 15.2. The summed E-state index contributed by atoms with van der Waals surface area (Å²) in [6, 6.07) is 0. The second kappa shape index (κ2) is 6.62. The van der Waals surface area contributed by atoms with Gasteiger partial charge in [0.1, 0.15) is 5.82 Å². The van der Waals surface area contributed by atoms with Crippen LogP contribution in [0.15, 0.2) is 18.6 Å². The van der Waals surface area contributed by atoms with Crippen LogP contribution in [-0.4, -0.2) is 57.4 Å². The van der Waals surface area contributed by atoms with Crippen LogP contribution >= 0.6 is 11.6 Å². The molecule has 1 aliphatic rings. The lowest BCUT2D eigenvalue weighted by atomic mass is 10.3. The summed E-state index contributed by atoms with van der Waals surface area (Å²) in [5.74, 6) is 1.03. The van der Waals surface area contributed by atoms with Crippen LogP contribution in [0, 0.1) is 13.8 Å². The first-order valence-corrected chi connectivity index (χ1v) is 7.95. The predicted octanol–water partition coefficient (Wildman–Crippen LogP) is 1.77. The van der Waals surface area contributed by atoms with Crippen molar-refractivity contribution in [2.45, 2.75) is 20.4 Å². The maximum atomic E-state index is 5.88. The highest BCUT2D eigenvalue weighted by atomic mass is 35.5. The Hall–Kier alpha value is -1.66. The van der Waals surface area contributed by atoms with Crippen molar-refractivity contribution >= 4 is 17.4 Å². The Morgan fingerprint density at radius 1 is 1.09 bits per heavy atom. The van der Waals surface area contributed by atoms with Gasteiger partial charge in [-0.25, -0.2) is 4.98 Å². The van der Waals surface area contributed by atoms with Crippen LogP contribution in [0.3, 0.4) is 0 Å². The lowest BCUT2D eigenvalue weighted by molar-refractivity contribution is 0.244. The molecule has 0 aromatic carbocycles. The topological polar surface area (TPSA) is 50.1 Å². The van der Waals surface area contributed by atoms with E-state index < -0.39 is 0 Å². The molecule has 1 saturated heterocycles. The number of anilines is 1. The zero-order chi connectivity index (χ0) is 15.5. The second-order valence-corrected chi connectivity index (χ2v) is 6.11. The second-order valence-electron chi connectivity index (χ2n) is 5.67. The van der Waals surface area contributed by atoms with Crippen molar-refractivity contribution in [1.29, 1.82) is 0 Å². The van der Waals surface area contributed by atoms with E-state index in [9.17, 15) is 0 Å². The summed E-state index contributed by atoms with van der Waals surface area (Å²) in [6.45, 7) is 9.91. The van der Waals surface area contributed by atoms with Crippen LogP contribution < -0.4 is 4.90 Å². The molecule has 0 amide bonds. The molecule has 7 heteroatoms. The van der Waals surface area contributed by atoms with Crippen LogP contribution in [0.5, 0.6) is 0 Å². The summed E-state index contributed by atoms with van der Waals surface area (Å²) >= 11 is 5.88. The summed E-state index contributed by atoms with van der Waals surface area (Å²) in [5, 5.41) is 4.91. The molecule has 2 aromatic rings. The molecule has 3 heterocycles. The Morgan fingerprint density at radius 2 is 1.86 bits per heavy atom. The third-order valence-corrected chi connectivity index (χ3v) is 4.16. The normalized spacial score (nSPS) is 16.2. The number of nitrogens with zero attached hydrogens (tertiary/aromatic N) is 6. The van der Waals surface area contributed by atoms with E-state index in [-0.39, 0.29) is 0 Å². The molecule has 0 aliphatic carbocycles. The van der Waals surface area contributed by atoms with Crippen molar-refractivity contribution < 1.29 is 0 Å². The van der Waals surface area contributed by atoms with E-state index in [1.807, 2.05) is 30.9 Å². The zero-order valence-electron chi connectivity index (χ0n) is 13.0. The smallest absolute Gasteiger partial charge is 0.150 e. The lowest BCUT2D eigenvalue weighted by Crippen LogP contribution is -2.47. The summed E-state index contributed by atoms with van der Waals surface area (Å²) in [4.78, 5) is 13.8. The van der Waals surface area contributed by atoms with E-state index in [0.29, 0.717) is 5.02 Å². The van der Waals surface area contributed by atoms with Gasteiger partial charge in [-0.2, -0.15) is 5.10 Å². The molecule has 22 heavy (non-hydrogen) atoms. The standard InChI is InChI=1S/C15H21ClN6/c1-12-9-17-13(2)15(19-12)21-6-3-20(4-7-21)5-8-22-11-14(16)10-18-22/h9-11H,3-8H2,1-2H3. The minimum Gasteiger partial charge on any atom is -0.353 e. The van der Waals surface area contributed by atoms with Gasteiger partial charge in [-0.1, -0.05) is 11.6 Å². The third-order valence-electron chi connectivity index (χ3n) is 3.97.